The second kappa shape index (κ2) is 13.9. The number of nitrogens with one attached hydrogen (secondary N) is 1. The van der Waals surface area contributed by atoms with E-state index in [0.717, 1.165) is 36.6 Å². The maximum Gasteiger partial charge on any atom is 0.251 e. The number of thiocarbonyl (C=S) groups is 1. The van der Waals surface area contributed by atoms with Crippen molar-refractivity contribution in [3.8, 4) is 17.6 Å². The zero-order valence-corrected chi connectivity index (χ0v) is 22.5. The molecule has 4 rings (SSSR count). The molecule has 1 aliphatic rings. The van der Waals surface area contributed by atoms with E-state index in [9.17, 15) is 10.1 Å². The van der Waals surface area contributed by atoms with E-state index in [1.807, 2.05) is 49.4 Å². The van der Waals surface area contributed by atoms with Crippen LogP contribution in [0.4, 0.5) is 0 Å². The van der Waals surface area contributed by atoms with Crippen LogP contribution in [0.5, 0.6) is 11.5 Å². The summed E-state index contributed by atoms with van der Waals surface area (Å²) in [7, 11) is 1.62. The molecule has 0 aromatic heterocycles. The molecule has 3 aromatic carbocycles. The lowest BCUT2D eigenvalue weighted by Gasteiger charge is -2.32. The number of benzene rings is 3. The van der Waals surface area contributed by atoms with Crippen LogP contribution in [0.3, 0.4) is 0 Å². The minimum atomic E-state index is -0.0411. The topological polar surface area (TPSA) is 68.6 Å². The van der Waals surface area contributed by atoms with Crippen molar-refractivity contribution in [1.82, 2.24) is 14.5 Å². The van der Waals surface area contributed by atoms with E-state index >= 15 is 0 Å². The molecule has 1 amide bonds. The van der Waals surface area contributed by atoms with E-state index in [0.29, 0.717) is 27.6 Å². The molecule has 6 nitrogen and oxygen atoms in total. The van der Waals surface area contributed by atoms with Gasteiger partial charge in [-0.05, 0) is 73.0 Å². The fourth-order valence-electron chi connectivity index (χ4n) is 3.40. The average Bonchev–Trinajstić information content (AvgIpc) is 2.90. The maximum absolute atomic E-state index is 10.9. The van der Waals surface area contributed by atoms with Crippen LogP contribution in [-0.4, -0.2) is 53.8 Å². The first-order valence-electron chi connectivity index (χ1n) is 11.3. The molecule has 1 saturated heterocycles. The summed E-state index contributed by atoms with van der Waals surface area (Å²) in [6.45, 7) is 5.56. The van der Waals surface area contributed by atoms with Gasteiger partial charge in [-0.2, -0.15) is 5.26 Å². The Bertz CT molecular complexity index is 1210. The third kappa shape index (κ3) is 8.25. The molecule has 1 aliphatic heterocycles. The first-order chi connectivity index (χ1) is 17.4. The number of carbonyl (C=O) groups is 1. The van der Waals surface area contributed by atoms with Crippen LogP contribution in [0.15, 0.2) is 71.6 Å². The molecule has 1 heterocycles. The molecule has 0 unspecified atom stereocenters. The monoisotopic (exact) mass is 538 g/mol. The van der Waals surface area contributed by atoms with Crippen LogP contribution in [0.1, 0.15) is 21.5 Å². The molecule has 0 spiro atoms. The molecular formula is C27H27ClN4O2S2. The fraction of sp³-hybridized carbons (Fsp3) is 0.222. The highest BCUT2D eigenvalue weighted by Gasteiger charge is 2.18. The number of hydrogen-bond donors (Lipinski definition) is 1. The predicted molar refractivity (Wildman–Crippen MR) is 150 cm³/mol. The van der Waals surface area contributed by atoms with Crippen LogP contribution < -0.4 is 10.1 Å². The van der Waals surface area contributed by atoms with Crippen LogP contribution in [-0.2, 0) is 0 Å². The van der Waals surface area contributed by atoms with E-state index in [4.69, 9.17) is 28.6 Å². The van der Waals surface area contributed by atoms with Crippen molar-refractivity contribution < 1.29 is 9.53 Å². The third-order valence-corrected chi connectivity index (χ3v) is 6.88. The highest BCUT2D eigenvalue weighted by atomic mass is 35.5. The van der Waals surface area contributed by atoms with Gasteiger partial charge in [-0.3, -0.25) is 4.79 Å². The number of nitrogens with zero attached hydrogens (tertiary/aromatic N) is 3. The van der Waals surface area contributed by atoms with Crippen LogP contribution in [0, 0.1) is 18.3 Å². The Morgan fingerprint density at radius 1 is 1.11 bits per heavy atom. The van der Waals surface area contributed by atoms with Gasteiger partial charge in [0.25, 0.3) is 5.91 Å². The SMILES string of the molecule is CNC(=O)c1ccccc1.Cc1cc(Cl)cc(Oc2ccc(C#N)cc2SN2CCN(C=S)CC2)c1. The largest absolute Gasteiger partial charge is 0.456 e. The zero-order valence-electron chi connectivity index (χ0n) is 20.1. The number of amides is 1. The molecule has 0 radical (unpaired) electrons. The first-order valence-corrected chi connectivity index (χ1v) is 12.9. The molecule has 0 aliphatic carbocycles. The number of ether oxygens (including phenoxy) is 1. The van der Waals surface area contributed by atoms with E-state index in [1.165, 1.54) is 0 Å². The third-order valence-electron chi connectivity index (χ3n) is 5.23. The van der Waals surface area contributed by atoms with Crippen molar-refractivity contribution in [3.05, 3.63) is 88.4 Å². The predicted octanol–water partition coefficient (Wildman–Crippen LogP) is 5.94. The van der Waals surface area contributed by atoms with Gasteiger partial charge in [0.15, 0.2) is 0 Å². The number of aryl methyl sites for hydroxylation is 1. The van der Waals surface area contributed by atoms with Crippen molar-refractivity contribution in [3.63, 3.8) is 0 Å². The van der Waals surface area contributed by atoms with Gasteiger partial charge in [0, 0.05) is 43.8 Å². The van der Waals surface area contributed by atoms with Gasteiger partial charge in [-0.15, -0.1) is 0 Å². The number of hydrogen-bond acceptors (Lipinski definition) is 6. The Morgan fingerprint density at radius 2 is 1.83 bits per heavy atom. The Hall–Kier alpha value is -3.09. The Labute approximate surface area is 226 Å². The number of carbonyl (C=O) groups excluding carboxylic acids is 1. The summed E-state index contributed by atoms with van der Waals surface area (Å²) in [5.41, 5.74) is 4.06. The van der Waals surface area contributed by atoms with Crippen molar-refractivity contribution >= 4 is 47.2 Å². The highest BCUT2D eigenvalue weighted by molar-refractivity contribution is 7.97. The van der Waals surface area contributed by atoms with Gasteiger partial charge in [0.1, 0.15) is 11.5 Å². The number of nitriles is 1. The summed E-state index contributed by atoms with van der Waals surface area (Å²) in [4.78, 5) is 13.9. The van der Waals surface area contributed by atoms with Crippen molar-refractivity contribution in [1.29, 1.82) is 5.26 Å². The molecule has 1 N–H and O–H groups in total. The molecule has 0 saturated carbocycles. The summed E-state index contributed by atoms with van der Waals surface area (Å²) in [5, 5.41) is 12.4. The second-order valence-electron chi connectivity index (χ2n) is 7.95. The minimum absolute atomic E-state index is 0.0411. The smallest absolute Gasteiger partial charge is 0.251 e. The second-order valence-corrected chi connectivity index (χ2v) is 9.73. The molecule has 3 aromatic rings. The van der Waals surface area contributed by atoms with Gasteiger partial charge in [0.2, 0.25) is 0 Å². The summed E-state index contributed by atoms with van der Waals surface area (Å²) < 4.78 is 8.35. The molecule has 36 heavy (non-hydrogen) atoms. The van der Waals surface area contributed by atoms with E-state index < -0.39 is 0 Å². The summed E-state index contributed by atoms with van der Waals surface area (Å²) >= 11 is 12.7. The molecule has 0 atom stereocenters. The summed E-state index contributed by atoms with van der Waals surface area (Å²) in [5.74, 6) is 1.36. The maximum atomic E-state index is 10.9. The van der Waals surface area contributed by atoms with Gasteiger partial charge in [-0.1, -0.05) is 42.0 Å². The van der Waals surface area contributed by atoms with Crippen LogP contribution in [0.25, 0.3) is 0 Å². The molecule has 0 bridgehead atoms. The van der Waals surface area contributed by atoms with E-state index in [1.54, 1.807) is 48.8 Å². The molecule has 186 valence electrons. The van der Waals surface area contributed by atoms with Crippen LogP contribution in [0.2, 0.25) is 5.02 Å². The minimum Gasteiger partial charge on any atom is -0.456 e. The number of piperazine rings is 1. The van der Waals surface area contributed by atoms with Crippen LogP contribution >= 0.6 is 35.8 Å². The zero-order chi connectivity index (χ0) is 25.9. The lowest BCUT2D eigenvalue weighted by atomic mass is 10.2. The summed E-state index contributed by atoms with van der Waals surface area (Å²) in [6.07, 6.45) is 0. The fourth-order valence-corrected chi connectivity index (χ4v) is 4.89. The Kier molecular flexibility index (Phi) is 10.6. The normalized spacial score (nSPS) is 13.1. The van der Waals surface area contributed by atoms with Crippen molar-refractivity contribution in [2.75, 3.05) is 33.2 Å². The first kappa shape index (κ1) is 27.5. The van der Waals surface area contributed by atoms with Crippen molar-refractivity contribution in [2.24, 2.45) is 0 Å². The number of halogens is 1. The average molecular weight is 539 g/mol. The molecule has 9 heteroatoms. The van der Waals surface area contributed by atoms with E-state index in [2.05, 4.69) is 20.6 Å². The van der Waals surface area contributed by atoms with Gasteiger partial charge < -0.3 is 15.0 Å². The molecule has 1 fully saturated rings. The van der Waals surface area contributed by atoms with E-state index in [-0.39, 0.29) is 5.91 Å². The van der Waals surface area contributed by atoms with Gasteiger partial charge in [-0.25, -0.2) is 4.31 Å². The van der Waals surface area contributed by atoms with Gasteiger partial charge >= 0.3 is 0 Å². The quantitative estimate of drug-likeness (QED) is 0.307. The summed E-state index contributed by atoms with van der Waals surface area (Å²) in [6, 6.07) is 22.4. The van der Waals surface area contributed by atoms with Gasteiger partial charge in [0.05, 0.1) is 22.0 Å². The Balaban J connectivity index is 0.000000303. The lowest BCUT2D eigenvalue weighted by molar-refractivity contribution is 0.0963. The lowest BCUT2D eigenvalue weighted by Crippen LogP contribution is -2.42. The number of rotatable bonds is 6. The Morgan fingerprint density at radius 3 is 2.44 bits per heavy atom. The standard InChI is InChI=1S/C19H18ClN3OS2.C8H9NO/c1-14-8-16(20)11-17(9-14)24-18-3-2-15(12-21)10-19(18)26-23-6-4-22(13-25)5-7-23;1-9-8(10)7-5-3-2-4-6-7/h2-3,8-11,13H,4-7H2,1H3;2-6H,1H3,(H,9,10). The van der Waals surface area contributed by atoms with Crippen molar-refractivity contribution in [2.45, 2.75) is 11.8 Å². The molecular weight excluding hydrogens is 512 g/mol. The highest BCUT2D eigenvalue weighted by Crippen LogP contribution is 2.36.